The minimum absolute atomic E-state index is 0.0548. The second kappa shape index (κ2) is 8.99. The van der Waals surface area contributed by atoms with Crippen molar-refractivity contribution in [2.45, 2.75) is 19.3 Å². The number of piperidine rings is 1. The first-order valence-corrected chi connectivity index (χ1v) is 11.5. The van der Waals surface area contributed by atoms with Crippen molar-refractivity contribution < 1.29 is 9.59 Å². The van der Waals surface area contributed by atoms with Gasteiger partial charge in [-0.3, -0.25) is 4.79 Å². The molecular weight excluding hydrogens is 410 g/mol. The molecule has 2 saturated heterocycles. The minimum atomic E-state index is -0.105. The summed E-state index contributed by atoms with van der Waals surface area (Å²) >= 11 is 0. The van der Waals surface area contributed by atoms with Crippen molar-refractivity contribution >= 4 is 28.4 Å². The summed E-state index contributed by atoms with van der Waals surface area (Å²) in [5.74, 6) is 5.66. The molecule has 0 saturated carbocycles. The van der Waals surface area contributed by atoms with Gasteiger partial charge >= 0.3 is 6.03 Å². The molecule has 2 fully saturated rings. The lowest BCUT2D eigenvalue weighted by Gasteiger charge is -2.39. The van der Waals surface area contributed by atoms with Crippen molar-refractivity contribution in [1.82, 2.24) is 9.80 Å². The molecule has 2 heterocycles. The van der Waals surface area contributed by atoms with Crippen LogP contribution in [0, 0.1) is 17.3 Å². The molecule has 2 aliphatic heterocycles. The van der Waals surface area contributed by atoms with Gasteiger partial charge in [0.05, 0.1) is 5.69 Å². The SMILES string of the molecule is O=C(C#Cc1ccccc1)N1CCC2(CCN(C(=O)Nc3cccc4ccccc34)CC2)C1. The van der Waals surface area contributed by atoms with Gasteiger partial charge in [0.25, 0.3) is 5.91 Å². The number of hydrogen-bond donors (Lipinski definition) is 1. The Morgan fingerprint density at radius 2 is 1.45 bits per heavy atom. The number of carbonyl (C=O) groups is 2. The topological polar surface area (TPSA) is 52.7 Å². The van der Waals surface area contributed by atoms with E-state index in [9.17, 15) is 9.59 Å². The molecule has 1 spiro atoms. The Balaban J connectivity index is 1.17. The summed E-state index contributed by atoms with van der Waals surface area (Å²) in [6.07, 6.45) is 2.79. The quantitative estimate of drug-likeness (QED) is 0.559. The normalized spacial score (nSPS) is 17.0. The second-order valence-electron chi connectivity index (χ2n) is 9.04. The van der Waals surface area contributed by atoms with Gasteiger partial charge in [-0.1, -0.05) is 60.5 Å². The fourth-order valence-electron chi connectivity index (χ4n) is 4.96. The number of nitrogens with zero attached hydrogens (tertiary/aromatic N) is 2. The van der Waals surface area contributed by atoms with E-state index in [4.69, 9.17) is 0 Å². The van der Waals surface area contributed by atoms with Gasteiger partial charge in [0, 0.05) is 43.0 Å². The highest BCUT2D eigenvalue weighted by Crippen LogP contribution is 2.40. The molecule has 0 bridgehead atoms. The van der Waals surface area contributed by atoms with Crippen molar-refractivity contribution in [2.24, 2.45) is 5.41 Å². The van der Waals surface area contributed by atoms with Gasteiger partial charge in [-0.15, -0.1) is 0 Å². The van der Waals surface area contributed by atoms with E-state index in [1.165, 1.54) is 0 Å². The van der Waals surface area contributed by atoms with Gasteiger partial charge in [-0.05, 0) is 48.3 Å². The molecule has 3 amide bonds. The number of urea groups is 1. The van der Waals surface area contributed by atoms with Gasteiger partial charge in [0.1, 0.15) is 0 Å². The summed E-state index contributed by atoms with van der Waals surface area (Å²) in [5, 5.41) is 5.25. The fraction of sp³-hybridized carbons (Fsp3) is 0.286. The zero-order valence-corrected chi connectivity index (χ0v) is 18.6. The first kappa shape index (κ1) is 21.1. The van der Waals surface area contributed by atoms with Crippen molar-refractivity contribution in [2.75, 3.05) is 31.5 Å². The number of anilines is 1. The zero-order chi connectivity index (χ0) is 22.7. The molecule has 0 unspecified atom stereocenters. The minimum Gasteiger partial charge on any atom is -0.331 e. The van der Waals surface area contributed by atoms with Crippen LogP contribution in [0.15, 0.2) is 72.8 Å². The van der Waals surface area contributed by atoms with Crippen LogP contribution in [0.2, 0.25) is 0 Å². The Bertz CT molecular complexity index is 1230. The highest BCUT2D eigenvalue weighted by Gasteiger charge is 2.42. The molecule has 0 atom stereocenters. The Morgan fingerprint density at radius 3 is 2.24 bits per heavy atom. The zero-order valence-electron chi connectivity index (χ0n) is 18.6. The molecular formula is C28H27N3O2. The standard InChI is InChI=1S/C28H27N3O2/c32-26(14-13-22-7-2-1-3-8-22)31-20-17-28(21-31)15-18-30(19-16-28)27(33)29-25-12-6-10-23-9-4-5-11-24(23)25/h1-12H,15-21H2,(H,29,33). The predicted octanol–water partition coefficient (Wildman–Crippen LogP) is 4.74. The Labute approximate surface area is 194 Å². The fourth-order valence-corrected chi connectivity index (χ4v) is 4.96. The average Bonchev–Trinajstić information content (AvgIpc) is 3.27. The van der Waals surface area contributed by atoms with Crippen molar-refractivity contribution in [1.29, 1.82) is 0 Å². The van der Waals surface area contributed by atoms with Crippen LogP contribution in [0.3, 0.4) is 0 Å². The molecule has 0 radical (unpaired) electrons. The maximum absolute atomic E-state index is 12.9. The van der Waals surface area contributed by atoms with Crippen LogP contribution in [-0.4, -0.2) is 47.9 Å². The molecule has 3 aromatic carbocycles. The number of nitrogens with one attached hydrogen (secondary N) is 1. The van der Waals surface area contributed by atoms with Crippen molar-refractivity contribution in [3.05, 3.63) is 78.4 Å². The van der Waals surface area contributed by atoms with E-state index < -0.39 is 0 Å². The molecule has 33 heavy (non-hydrogen) atoms. The molecule has 1 N–H and O–H groups in total. The van der Waals surface area contributed by atoms with E-state index in [0.717, 1.165) is 54.4 Å². The first-order chi connectivity index (χ1) is 16.1. The Hall–Kier alpha value is -3.78. The molecule has 5 nitrogen and oxygen atoms in total. The summed E-state index contributed by atoms with van der Waals surface area (Å²) in [5.41, 5.74) is 1.79. The van der Waals surface area contributed by atoms with Crippen molar-refractivity contribution in [3.63, 3.8) is 0 Å². The van der Waals surface area contributed by atoms with Crippen LogP contribution >= 0.6 is 0 Å². The maximum atomic E-state index is 12.9. The molecule has 3 aromatic rings. The third kappa shape index (κ3) is 4.56. The van der Waals surface area contributed by atoms with E-state index in [0.29, 0.717) is 13.1 Å². The van der Waals surface area contributed by atoms with Crippen LogP contribution in [0.1, 0.15) is 24.8 Å². The second-order valence-corrected chi connectivity index (χ2v) is 9.04. The van der Waals surface area contributed by atoms with Crippen LogP contribution in [0.25, 0.3) is 10.8 Å². The van der Waals surface area contributed by atoms with Gasteiger partial charge in [-0.25, -0.2) is 4.79 Å². The average molecular weight is 438 g/mol. The number of hydrogen-bond acceptors (Lipinski definition) is 2. The Morgan fingerprint density at radius 1 is 0.788 bits per heavy atom. The molecule has 2 aliphatic rings. The third-order valence-electron chi connectivity index (χ3n) is 6.96. The summed E-state index contributed by atoms with van der Waals surface area (Å²) in [7, 11) is 0. The Kier molecular flexibility index (Phi) is 5.75. The van der Waals surface area contributed by atoms with E-state index in [1.54, 1.807) is 0 Å². The lowest BCUT2D eigenvalue weighted by atomic mass is 9.78. The largest absolute Gasteiger partial charge is 0.331 e. The number of amides is 3. The predicted molar refractivity (Wildman–Crippen MR) is 131 cm³/mol. The summed E-state index contributed by atoms with van der Waals surface area (Å²) in [6, 6.07) is 23.6. The summed E-state index contributed by atoms with van der Waals surface area (Å²) in [6.45, 7) is 2.88. The first-order valence-electron chi connectivity index (χ1n) is 11.5. The number of benzene rings is 3. The maximum Gasteiger partial charge on any atom is 0.321 e. The summed E-state index contributed by atoms with van der Waals surface area (Å²) < 4.78 is 0. The molecule has 5 heteroatoms. The molecule has 0 aromatic heterocycles. The van der Waals surface area contributed by atoms with E-state index in [-0.39, 0.29) is 17.4 Å². The number of carbonyl (C=O) groups excluding carboxylic acids is 2. The van der Waals surface area contributed by atoms with Gasteiger partial charge in [0.15, 0.2) is 0 Å². The lowest BCUT2D eigenvalue weighted by molar-refractivity contribution is -0.124. The third-order valence-corrected chi connectivity index (χ3v) is 6.96. The van der Waals surface area contributed by atoms with Crippen LogP contribution < -0.4 is 5.32 Å². The number of rotatable bonds is 1. The lowest BCUT2D eigenvalue weighted by Crippen LogP contribution is -2.46. The molecule has 5 rings (SSSR count). The molecule has 166 valence electrons. The van der Waals surface area contributed by atoms with Crippen LogP contribution in [-0.2, 0) is 4.79 Å². The van der Waals surface area contributed by atoms with Gasteiger partial charge < -0.3 is 15.1 Å². The van der Waals surface area contributed by atoms with Crippen LogP contribution in [0.4, 0.5) is 10.5 Å². The highest BCUT2D eigenvalue weighted by atomic mass is 16.2. The number of likely N-dealkylation sites (tertiary alicyclic amines) is 2. The van der Waals surface area contributed by atoms with Crippen LogP contribution in [0.5, 0.6) is 0 Å². The monoisotopic (exact) mass is 437 g/mol. The van der Waals surface area contributed by atoms with E-state index in [2.05, 4.69) is 17.2 Å². The smallest absolute Gasteiger partial charge is 0.321 e. The van der Waals surface area contributed by atoms with E-state index in [1.807, 2.05) is 82.6 Å². The van der Waals surface area contributed by atoms with E-state index >= 15 is 0 Å². The highest BCUT2D eigenvalue weighted by molar-refractivity contribution is 6.01. The van der Waals surface area contributed by atoms with Crippen molar-refractivity contribution in [3.8, 4) is 11.8 Å². The number of fused-ring (bicyclic) bond motifs is 1. The molecule has 0 aliphatic carbocycles. The van der Waals surface area contributed by atoms with Gasteiger partial charge in [-0.2, -0.15) is 0 Å². The van der Waals surface area contributed by atoms with Gasteiger partial charge in [0.2, 0.25) is 0 Å². The summed E-state index contributed by atoms with van der Waals surface area (Å²) in [4.78, 5) is 29.3.